The number of rotatable bonds is 3. The second-order valence-corrected chi connectivity index (χ2v) is 11.6. The molecule has 1 saturated heterocycles. The SMILES string of the molecule is C#CC[C@@H]1[C@@H](CC#C)C(=O)N1[Si](C)(C)C(C)(C)C. The Morgan fingerprint density at radius 2 is 1.72 bits per heavy atom. The van der Waals surface area contributed by atoms with Crippen molar-refractivity contribution in [2.24, 2.45) is 5.92 Å². The molecular weight excluding hydrogens is 238 g/mol. The third kappa shape index (κ3) is 2.20. The molecule has 1 amide bonds. The van der Waals surface area contributed by atoms with E-state index >= 15 is 0 Å². The molecule has 3 heteroatoms. The standard InChI is InChI=1S/C15H23NOSi/c1-8-10-12-13(11-9-2)16(14(12)17)18(6,7)15(3,4)5/h1-2,12-13H,10-11H2,3-7H3/t12-,13-/m1/s1. The van der Waals surface area contributed by atoms with E-state index in [1.165, 1.54) is 0 Å². The van der Waals surface area contributed by atoms with Crippen LogP contribution in [0.1, 0.15) is 33.6 Å². The van der Waals surface area contributed by atoms with E-state index in [1.54, 1.807) is 0 Å². The Kier molecular flexibility index (Phi) is 3.98. The molecule has 0 radical (unpaired) electrons. The van der Waals surface area contributed by atoms with E-state index < -0.39 is 8.24 Å². The molecule has 2 atom stereocenters. The van der Waals surface area contributed by atoms with Crippen molar-refractivity contribution < 1.29 is 4.79 Å². The van der Waals surface area contributed by atoms with Gasteiger partial charge in [0, 0.05) is 18.9 Å². The maximum Gasteiger partial charge on any atom is 0.221 e. The highest BCUT2D eigenvalue weighted by atomic mass is 28.3. The summed E-state index contributed by atoms with van der Waals surface area (Å²) in [5.74, 6) is 5.44. The number of carbonyl (C=O) groups is 1. The van der Waals surface area contributed by atoms with Gasteiger partial charge in [-0.1, -0.05) is 33.9 Å². The molecule has 0 aromatic rings. The molecule has 1 aliphatic heterocycles. The van der Waals surface area contributed by atoms with Gasteiger partial charge in [0.2, 0.25) is 5.91 Å². The zero-order valence-corrected chi connectivity index (χ0v) is 13.1. The Morgan fingerprint density at radius 1 is 1.22 bits per heavy atom. The van der Waals surface area contributed by atoms with E-state index in [4.69, 9.17) is 12.8 Å². The topological polar surface area (TPSA) is 20.3 Å². The molecule has 0 spiro atoms. The van der Waals surface area contributed by atoms with Crippen molar-refractivity contribution in [1.29, 1.82) is 0 Å². The lowest BCUT2D eigenvalue weighted by Crippen LogP contribution is -2.72. The van der Waals surface area contributed by atoms with Gasteiger partial charge in [0.15, 0.2) is 8.24 Å². The summed E-state index contributed by atoms with van der Waals surface area (Å²) in [7, 11) is -1.84. The molecular formula is C15H23NOSi. The fraction of sp³-hybridized carbons (Fsp3) is 0.667. The van der Waals surface area contributed by atoms with Crippen LogP contribution in [0.3, 0.4) is 0 Å². The van der Waals surface area contributed by atoms with Gasteiger partial charge >= 0.3 is 0 Å². The van der Waals surface area contributed by atoms with Gasteiger partial charge in [-0.15, -0.1) is 24.7 Å². The van der Waals surface area contributed by atoms with E-state index in [9.17, 15) is 4.79 Å². The highest BCUT2D eigenvalue weighted by molar-refractivity contribution is 6.80. The van der Waals surface area contributed by atoms with E-state index in [0.717, 1.165) is 0 Å². The molecule has 98 valence electrons. The second-order valence-electron chi connectivity index (χ2n) is 6.51. The normalized spacial score (nSPS) is 24.2. The predicted molar refractivity (Wildman–Crippen MR) is 78.2 cm³/mol. The summed E-state index contributed by atoms with van der Waals surface area (Å²) in [4.78, 5) is 12.3. The summed E-state index contributed by atoms with van der Waals surface area (Å²) in [6.07, 6.45) is 11.9. The van der Waals surface area contributed by atoms with Crippen LogP contribution in [0.25, 0.3) is 0 Å². The zero-order chi connectivity index (χ0) is 14.1. The van der Waals surface area contributed by atoms with Crippen LogP contribution in [-0.4, -0.2) is 24.7 Å². The minimum atomic E-state index is -1.84. The third-order valence-corrected chi connectivity index (χ3v) is 9.88. The van der Waals surface area contributed by atoms with Crippen molar-refractivity contribution in [1.82, 2.24) is 4.57 Å². The summed E-state index contributed by atoms with van der Waals surface area (Å²) >= 11 is 0. The Hall–Kier alpha value is -1.19. The molecule has 1 aliphatic rings. The first-order valence-electron chi connectivity index (χ1n) is 6.38. The Morgan fingerprint density at radius 3 is 2.11 bits per heavy atom. The van der Waals surface area contributed by atoms with Gasteiger partial charge in [0.25, 0.3) is 0 Å². The van der Waals surface area contributed by atoms with Gasteiger partial charge < -0.3 is 4.57 Å². The van der Waals surface area contributed by atoms with Gasteiger partial charge in [-0.05, 0) is 5.04 Å². The fourth-order valence-electron chi connectivity index (χ4n) is 2.36. The highest BCUT2D eigenvalue weighted by Crippen LogP contribution is 2.46. The maximum atomic E-state index is 12.3. The van der Waals surface area contributed by atoms with Crippen LogP contribution in [0.15, 0.2) is 0 Å². The number of amides is 1. The summed E-state index contributed by atoms with van der Waals surface area (Å²) in [6, 6.07) is 0.152. The van der Waals surface area contributed by atoms with E-state index in [0.29, 0.717) is 12.8 Å². The van der Waals surface area contributed by atoms with Gasteiger partial charge in [0.05, 0.1) is 5.92 Å². The zero-order valence-electron chi connectivity index (χ0n) is 12.1. The minimum absolute atomic E-state index is 0.0554. The first-order chi connectivity index (χ1) is 8.18. The van der Waals surface area contributed by atoms with Crippen molar-refractivity contribution in [3.8, 4) is 24.7 Å². The molecule has 1 fully saturated rings. The number of β-lactam (4-membered cyclic amide) rings is 1. The average molecular weight is 261 g/mol. The van der Waals surface area contributed by atoms with Gasteiger partial charge in [-0.3, -0.25) is 4.79 Å². The smallest absolute Gasteiger partial charge is 0.221 e. The first kappa shape index (κ1) is 14.9. The number of carbonyl (C=O) groups excluding carboxylic acids is 1. The van der Waals surface area contributed by atoms with Crippen molar-refractivity contribution in [3.63, 3.8) is 0 Å². The number of hydrogen-bond acceptors (Lipinski definition) is 1. The molecule has 18 heavy (non-hydrogen) atoms. The maximum absolute atomic E-state index is 12.3. The largest absolute Gasteiger partial charge is 0.364 e. The van der Waals surface area contributed by atoms with Crippen LogP contribution in [0.5, 0.6) is 0 Å². The van der Waals surface area contributed by atoms with Crippen LogP contribution in [0.4, 0.5) is 0 Å². The van der Waals surface area contributed by atoms with Crippen molar-refractivity contribution in [2.45, 2.75) is 57.8 Å². The van der Waals surface area contributed by atoms with Crippen LogP contribution in [0, 0.1) is 30.6 Å². The lowest BCUT2D eigenvalue weighted by molar-refractivity contribution is -0.147. The second kappa shape index (κ2) is 4.82. The summed E-state index contributed by atoms with van der Waals surface area (Å²) < 4.78 is 2.08. The van der Waals surface area contributed by atoms with Gasteiger partial charge in [0.1, 0.15) is 0 Å². The van der Waals surface area contributed by atoms with Crippen LogP contribution < -0.4 is 0 Å². The molecule has 0 aromatic carbocycles. The van der Waals surface area contributed by atoms with Crippen molar-refractivity contribution in [2.75, 3.05) is 0 Å². The Labute approximate surface area is 112 Å². The number of terminal acetylenes is 2. The molecule has 2 nitrogen and oxygen atoms in total. The van der Waals surface area contributed by atoms with E-state index in [-0.39, 0.29) is 22.9 Å². The monoisotopic (exact) mass is 261 g/mol. The van der Waals surface area contributed by atoms with Gasteiger partial charge in [-0.2, -0.15) is 0 Å². The molecule has 0 aromatic heterocycles. The lowest BCUT2D eigenvalue weighted by Gasteiger charge is -2.58. The van der Waals surface area contributed by atoms with Crippen molar-refractivity contribution in [3.05, 3.63) is 0 Å². The molecule has 0 unspecified atom stereocenters. The van der Waals surface area contributed by atoms with E-state index in [2.05, 4.69) is 50.3 Å². The summed E-state index contributed by atoms with van der Waals surface area (Å²) in [5, 5.41) is 0.136. The molecule has 0 N–H and O–H groups in total. The first-order valence-corrected chi connectivity index (χ1v) is 9.33. The Balaban J connectivity index is 3.01. The lowest BCUT2D eigenvalue weighted by atomic mass is 9.86. The molecule has 0 bridgehead atoms. The van der Waals surface area contributed by atoms with E-state index in [1.807, 2.05) is 0 Å². The summed E-state index contributed by atoms with van der Waals surface area (Å²) in [5.41, 5.74) is 0. The van der Waals surface area contributed by atoms with Gasteiger partial charge in [-0.25, -0.2) is 0 Å². The van der Waals surface area contributed by atoms with Crippen LogP contribution >= 0.6 is 0 Å². The predicted octanol–water partition coefficient (Wildman–Crippen LogP) is 2.87. The Bertz CT molecular complexity index is 419. The number of hydrogen-bond donors (Lipinski definition) is 0. The molecule has 1 heterocycles. The minimum Gasteiger partial charge on any atom is -0.364 e. The summed E-state index contributed by atoms with van der Waals surface area (Å²) in [6.45, 7) is 11.1. The van der Waals surface area contributed by atoms with Crippen molar-refractivity contribution >= 4 is 14.1 Å². The quantitative estimate of drug-likeness (QED) is 0.434. The molecule has 0 aliphatic carbocycles. The van der Waals surface area contributed by atoms with Crippen LogP contribution in [-0.2, 0) is 4.79 Å². The highest BCUT2D eigenvalue weighted by Gasteiger charge is 2.56. The third-order valence-electron chi connectivity index (χ3n) is 4.45. The van der Waals surface area contributed by atoms with Crippen LogP contribution in [0.2, 0.25) is 18.1 Å². The fourth-order valence-corrected chi connectivity index (χ4v) is 4.90. The molecule has 0 saturated carbocycles. The average Bonchev–Trinajstić information content (AvgIpc) is 2.23. The number of nitrogens with zero attached hydrogens (tertiary/aromatic N) is 1. The molecule has 1 rings (SSSR count).